The molecule has 33 heavy (non-hydrogen) atoms. The van der Waals surface area contributed by atoms with E-state index in [-0.39, 0.29) is 24.5 Å². The molecule has 3 N–H and O–H groups in total. The van der Waals surface area contributed by atoms with E-state index in [9.17, 15) is 18.8 Å². The largest absolute Gasteiger partial charge is 0.439 e. The van der Waals surface area contributed by atoms with Crippen LogP contribution >= 0.6 is 0 Å². The zero-order valence-electron chi connectivity index (χ0n) is 17.3. The predicted molar refractivity (Wildman–Crippen MR) is 119 cm³/mol. The van der Waals surface area contributed by atoms with Gasteiger partial charge in [0.15, 0.2) is 0 Å². The fraction of sp³-hybridized carbons (Fsp3) is 0.0833. The normalized spacial score (nSPS) is 10.6. The van der Waals surface area contributed by atoms with Gasteiger partial charge in [-0.15, -0.1) is 0 Å². The van der Waals surface area contributed by atoms with Crippen LogP contribution in [0.2, 0.25) is 0 Å². The number of fused-ring (bicyclic) bond motifs is 1. The number of rotatable bonds is 7. The Morgan fingerprint density at radius 1 is 1.03 bits per heavy atom. The smallest absolute Gasteiger partial charge is 0.257 e. The number of aromatic nitrogens is 2. The molecule has 0 saturated heterocycles. The van der Waals surface area contributed by atoms with Gasteiger partial charge in [-0.1, -0.05) is 24.3 Å². The lowest BCUT2D eigenvalue weighted by atomic mass is 10.1. The third kappa shape index (κ3) is 5.40. The van der Waals surface area contributed by atoms with Crippen LogP contribution in [0.25, 0.3) is 10.9 Å². The molecule has 2 amide bonds. The third-order valence-corrected chi connectivity index (χ3v) is 4.75. The molecule has 9 heteroatoms. The van der Waals surface area contributed by atoms with E-state index in [0.717, 1.165) is 0 Å². The maximum atomic E-state index is 13.2. The van der Waals surface area contributed by atoms with E-state index < -0.39 is 23.1 Å². The second-order valence-corrected chi connectivity index (χ2v) is 7.10. The molecular weight excluding hydrogens is 427 g/mol. The summed E-state index contributed by atoms with van der Waals surface area (Å²) >= 11 is 0. The summed E-state index contributed by atoms with van der Waals surface area (Å²) in [6.07, 6.45) is 2.85. The molecule has 0 atom stereocenters. The van der Waals surface area contributed by atoms with Gasteiger partial charge in [-0.3, -0.25) is 14.4 Å². The van der Waals surface area contributed by atoms with Gasteiger partial charge in [0, 0.05) is 42.0 Å². The summed E-state index contributed by atoms with van der Waals surface area (Å²) < 4.78 is 18.7. The number of ether oxygens (including phenoxy) is 1. The quantitative estimate of drug-likeness (QED) is 0.404. The number of aromatic amines is 1. The molecule has 0 bridgehead atoms. The molecule has 2 aromatic heterocycles. The van der Waals surface area contributed by atoms with Gasteiger partial charge in [-0.05, 0) is 29.8 Å². The molecule has 4 rings (SSSR count). The second kappa shape index (κ2) is 9.73. The zero-order valence-corrected chi connectivity index (χ0v) is 17.3. The van der Waals surface area contributed by atoms with Crippen LogP contribution in [0, 0.1) is 5.82 Å². The van der Waals surface area contributed by atoms with Crippen molar-refractivity contribution >= 4 is 22.7 Å². The highest BCUT2D eigenvalue weighted by molar-refractivity contribution is 5.98. The maximum Gasteiger partial charge on any atom is 0.257 e. The Labute approximate surface area is 187 Å². The highest BCUT2D eigenvalue weighted by Gasteiger charge is 2.14. The number of carbonyl (C=O) groups excluding carboxylic acids is 2. The van der Waals surface area contributed by atoms with Crippen LogP contribution in [-0.2, 0) is 11.3 Å². The summed E-state index contributed by atoms with van der Waals surface area (Å²) in [6.45, 7) is -0.113. The molecule has 0 fully saturated rings. The molecule has 0 aliphatic heterocycles. The molecule has 2 aromatic carbocycles. The van der Waals surface area contributed by atoms with Crippen LogP contribution in [0.5, 0.6) is 11.6 Å². The van der Waals surface area contributed by atoms with Gasteiger partial charge in [0.1, 0.15) is 17.1 Å². The van der Waals surface area contributed by atoms with E-state index in [0.29, 0.717) is 22.2 Å². The molecular formula is C24H19FN4O4. The van der Waals surface area contributed by atoms with E-state index in [1.54, 1.807) is 42.5 Å². The topological polar surface area (TPSA) is 113 Å². The molecule has 0 unspecified atom stereocenters. The Morgan fingerprint density at radius 3 is 2.67 bits per heavy atom. The minimum atomic E-state index is -0.641. The summed E-state index contributed by atoms with van der Waals surface area (Å²) in [5, 5.41) is 5.50. The van der Waals surface area contributed by atoms with Crippen molar-refractivity contribution in [3.63, 3.8) is 0 Å². The molecule has 166 valence electrons. The monoisotopic (exact) mass is 446 g/mol. The molecule has 0 spiro atoms. The van der Waals surface area contributed by atoms with Crippen molar-refractivity contribution in [2.24, 2.45) is 0 Å². The Morgan fingerprint density at radius 2 is 1.88 bits per heavy atom. The van der Waals surface area contributed by atoms with Crippen molar-refractivity contribution in [2.45, 2.75) is 6.54 Å². The molecule has 0 aliphatic carbocycles. The number of para-hydroxylation sites is 1. The number of amides is 2. The minimum Gasteiger partial charge on any atom is -0.439 e. The van der Waals surface area contributed by atoms with Gasteiger partial charge in [0.2, 0.25) is 17.2 Å². The summed E-state index contributed by atoms with van der Waals surface area (Å²) in [4.78, 5) is 43.9. The second-order valence-electron chi connectivity index (χ2n) is 7.10. The van der Waals surface area contributed by atoms with Crippen LogP contribution in [0.1, 0.15) is 15.9 Å². The average Bonchev–Trinajstić information content (AvgIpc) is 2.82. The van der Waals surface area contributed by atoms with E-state index in [1.807, 2.05) is 0 Å². The van der Waals surface area contributed by atoms with Crippen LogP contribution in [-0.4, -0.2) is 28.3 Å². The Hall–Kier alpha value is -4.53. The summed E-state index contributed by atoms with van der Waals surface area (Å²) in [5.41, 5.74) is 0.846. The Bertz CT molecular complexity index is 1370. The number of carbonyl (C=O) groups is 2. The van der Waals surface area contributed by atoms with E-state index in [1.165, 1.54) is 30.6 Å². The van der Waals surface area contributed by atoms with Gasteiger partial charge >= 0.3 is 0 Å². The fourth-order valence-corrected chi connectivity index (χ4v) is 3.08. The lowest BCUT2D eigenvalue weighted by Crippen LogP contribution is -2.38. The van der Waals surface area contributed by atoms with Crippen molar-refractivity contribution in [1.82, 2.24) is 20.6 Å². The van der Waals surface area contributed by atoms with E-state index in [2.05, 4.69) is 20.6 Å². The first-order chi connectivity index (χ1) is 16.0. The number of nitrogens with one attached hydrogen (secondary N) is 3. The summed E-state index contributed by atoms with van der Waals surface area (Å²) in [6, 6.07) is 15.9. The zero-order chi connectivity index (χ0) is 23.2. The molecule has 0 aliphatic rings. The van der Waals surface area contributed by atoms with Crippen molar-refractivity contribution in [1.29, 1.82) is 0 Å². The molecule has 2 heterocycles. The Kier molecular flexibility index (Phi) is 6.40. The van der Waals surface area contributed by atoms with Crippen LogP contribution in [0.3, 0.4) is 0 Å². The first kappa shape index (κ1) is 21.7. The predicted octanol–water partition coefficient (Wildman–Crippen LogP) is 2.90. The van der Waals surface area contributed by atoms with Crippen LogP contribution in [0.4, 0.5) is 4.39 Å². The highest BCUT2D eigenvalue weighted by Crippen LogP contribution is 2.20. The van der Waals surface area contributed by atoms with Gasteiger partial charge < -0.3 is 20.4 Å². The SMILES string of the molecule is O=C(CNC(=O)c1c[nH]c2ccccc2c1=O)NCc1ccc(Oc2cccc(F)c2)nc1. The number of nitrogens with zero attached hydrogens (tertiary/aromatic N) is 1. The Balaban J connectivity index is 1.27. The number of pyridine rings is 2. The summed E-state index contributed by atoms with van der Waals surface area (Å²) in [5.74, 6) is -0.879. The van der Waals surface area contributed by atoms with Gasteiger partial charge in [0.25, 0.3) is 5.91 Å². The van der Waals surface area contributed by atoms with Crippen molar-refractivity contribution in [3.8, 4) is 11.6 Å². The number of halogens is 1. The standard InChI is InChI=1S/C24H19FN4O4/c25-16-4-3-5-17(10-16)33-22-9-8-15(12-28-22)11-27-21(30)14-29-24(32)19-13-26-20-7-2-1-6-18(20)23(19)31/h1-10,12-13H,11,14H2,(H,26,31)(H,27,30)(H,29,32). The summed E-state index contributed by atoms with van der Waals surface area (Å²) in [7, 11) is 0. The van der Waals surface area contributed by atoms with Crippen molar-refractivity contribution in [2.75, 3.05) is 6.54 Å². The van der Waals surface area contributed by atoms with E-state index >= 15 is 0 Å². The van der Waals surface area contributed by atoms with Gasteiger partial charge in [0.05, 0.1) is 6.54 Å². The van der Waals surface area contributed by atoms with Crippen molar-refractivity contribution < 1.29 is 18.7 Å². The lowest BCUT2D eigenvalue weighted by molar-refractivity contribution is -0.120. The van der Waals surface area contributed by atoms with Crippen molar-refractivity contribution in [3.05, 3.63) is 100 Å². The van der Waals surface area contributed by atoms with E-state index in [4.69, 9.17) is 4.74 Å². The van der Waals surface area contributed by atoms with Crippen LogP contribution < -0.4 is 20.8 Å². The molecule has 8 nitrogen and oxygen atoms in total. The first-order valence-corrected chi connectivity index (χ1v) is 10.0. The number of H-pyrrole nitrogens is 1. The number of benzene rings is 2. The van der Waals surface area contributed by atoms with Gasteiger partial charge in [-0.2, -0.15) is 0 Å². The average molecular weight is 446 g/mol. The first-order valence-electron chi connectivity index (χ1n) is 10.0. The van der Waals surface area contributed by atoms with Crippen LogP contribution in [0.15, 0.2) is 77.9 Å². The molecule has 0 saturated carbocycles. The fourth-order valence-electron chi connectivity index (χ4n) is 3.08. The third-order valence-electron chi connectivity index (χ3n) is 4.75. The lowest BCUT2D eigenvalue weighted by Gasteiger charge is -2.08. The number of hydrogen-bond acceptors (Lipinski definition) is 5. The minimum absolute atomic E-state index is 0.0698. The number of hydrogen-bond donors (Lipinski definition) is 3. The maximum absolute atomic E-state index is 13.2. The van der Waals surface area contributed by atoms with Gasteiger partial charge in [-0.25, -0.2) is 9.37 Å². The molecule has 4 aromatic rings. The molecule has 0 radical (unpaired) electrons. The highest BCUT2D eigenvalue weighted by atomic mass is 19.1.